The predicted molar refractivity (Wildman–Crippen MR) is 72.0 cm³/mol. The largest absolute Gasteiger partial charge is 0.480 e. The van der Waals surface area contributed by atoms with Crippen molar-refractivity contribution >= 4 is 23.2 Å². The van der Waals surface area contributed by atoms with Crippen LogP contribution in [0.2, 0.25) is 0 Å². The molecular formula is C13H19NO3S. The van der Waals surface area contributed by atoms with E-state index in [2.05, 4.69) is 5.32 Å². The van der Waals surface area contributed by atoms with Crippen LogP contribution < -0.4 is 5.32 Å². The minimum Gasteiger partial charge on any atom is -0.480 e. The molecule has 0 unspecified atom stereocenters. The maximum atomic E-state index is 12.0. The molecule has 100 valence electrons. The van der Waals surface area contributed by atoms with Crippen LogP contribution in [-0.2, 0) is 11.2 Å². The fourth-order valence-electron chi connectivity index (χ4n) is 1.73. The zero-order valence-corrected chi connectivity index (χ0v) is 11.7. The van der Waals surface area contributed by atoms with Crippen LogP contribution in [0.15, 0.2) is 11.4 Å². The molecule has 1 rings (SSSR count). The van der Waals surface area contributed by atoms with E-state index in [1.54, 1.807) is 0 Å². The standard InChI is InChI=1S/C13H19NO3S/c1-4-9-5-6-18-11(9)12(15)14-10(13(16)17)7-8(2)3/h5-6,8,10H,4,7H2,1-3H3,(H,14,15)(H,16,17)/t10-/m1/s1. The van der Waals surface area contributed by atoms with Crippen molar-refractivity contribution in [3.63, 3.8) is 0 Å². The number of carboxylic acids is 1. The van der Waals surface area contributed by atoms with Gasteiger partial charge in [0.1, 0.15) is 6.04 Å². The van der Waals surface area contributed by atoms with E-state index in [9.17, 15) is 9.59 Å². The first-order chi connectivity index (χ1) is 8.45. The first-order valence-electron chi connectivity index (χ1n) is 6.05. The van der Waals surface area contributed by atoms with Gasteiger partial charge in [-0.25, -0.2) is 4.79 Å². The summed E-state index contributed by atoms with van der Waals surface area (Å²) < 4.78 is 0. The van der Waals surface area contributed by atoms with Crippen LogP contribution in [-0.4, -0.2) is 23.0 Å². The third-order valence-electron chi connectivity index (χ3n) is 2.64. The number of carbonyl (C=O) groups excluding carboxylic acids is 1. The van der Waals surface area contributed by atoms with Gasteiger partial charge < -0.3 is 10.4 Å². The molecule has 0 bridgehead atoms. The summed E-state index contributed by atoms with van der Waals surface area (Å²) in [6.07, 6.45) is 1.21. The second-order valence-electron chi connectivity index (χ2n) is 4.62. The van der Waals surface area contributed by atoms with Crippen LogP contribution in [0.4, 0.5) is 0 Å². The van der Waals surface area contributed by atoms with Crippen molar-refractivity contribution in [3.8, 4) is 0 Å². The molecule has 0 aliphatic heterocycles. The molecule has 18 heavy (non-hydrogen) atoms. The van der Waals surface area contributed by atoms with Gasteiger partial charge in [0.25, 0.3) is 5.91 Å². The van der Waals surface area contributed by atoms with E-state index >= 15 is 0 Å². The van der Waals surface area contributed by atoms with E-state index in [0.29, 0.717) is 11.3 Å². The molecule has 1 amide bonds. The maximum absolute atomic E-state index is 12.0. The summed E-state index contributed by atoms with van der Waals surface area (Å²) in [7, 11) is 0. The third-order valence-corrected chi connectivity index (χ3v) is 3.60. The molecule has 0 saturated carbocycles. The summed E-state index contributed by atoms with van der Waals surface area (Å²) in [4.78, 5) is 23.7. The molecule has 1 atom stereocenters. The number of carbonyl (C=O) groups is 2. The molecule has 4 nitrogen and oxygen atoms in total. The van der Waals surface area contributed by atoms with Crippen LogP contribution in [0.3, 0.4) is 0 Å². The highest BCUT2D eigenvalue weighted by atomic mass is 32.1. The summed E-state index contributed by atoms with van der Waals surface area (Å²) in [5.74, 6) is -1.04. The second kappa shape index (κ2) is 6.54. The molecule has 1 aromatic heterocycles. The predicted octanol–water partition coefficient (Wildman–Crippen LogP) is 2.54. The highest BCUT2D eigenvalue weighted by Crippen LogP contribution is 2.17. The van der Waals surface area contributed by atoms with E-state index in [0.717, 1.165) is 12.0 Å². The van der Waals surface area contributed by atoms with Crippen molar-refractivity contribution in [2.75, 3.05) is 0 Å². The van der Waals surface area contributed by atoms with E-state index in [1.165, 1.54) is 11.3 Å². The Hall–Kier alpha value is -1.36. The van der Waals surface area contributed by atoms with Gasteiger partial charge in [-0.3, -0.25) is 4.79 Å². The van der Waals surface area contributed by atoms with Gasteiger partial charge in [0.2, 0.25) is 0 Å². The van der Waals surface area contributed by atoms with Crippen molar-refractivity contribution in [1.82, 2.24) is 5.32 Å². The molecule has 0 spiro atoms. The maximum Gasteiger partial charge on any atom is 0.326 e. The fraction of sp³-hybridized carbons (Fsp3) is 0.538. The second-order valence-corrected chi connectivity index (χ2v) is 5.54. The first kappa shape index (κ1) is 14.7. The summed E-state index contributed by atoms with van der Waals surface area (Å²) in [6.45, 7) is 5.84. The van der Waals surface area contributed by atoms with Gasteiger partial charge in [-0.15, -0.1) is 11.3 Å². The Labute approximate surface area is 111 Å². The number of aliphatic carboxylic acids is 1. The number of thiophene rings is 1. The van der Waals surface area contributed by atoms with Gasteiger partial charge in [-0.05, 0) is 35.8 Å². The van der Waals surface area contributed by atoms with Crippen molar-refractivity contribution < 1.29 is 14.7 Å². The molecule has 1 aromatic rings. The average Bonchev–Trinajstić information content (AvgIpc) is 2.75. The number of nitrogens with one attached hydrogen (secondary N) is 1. The summed E-state index contributed by atoms with van der Waals surface area (Å²) in [6, 6.07) is 1.09. The van der Waals surface area contributed by atoms with Crippen LogP contribution in [0.1, 0.15) is 42.4 Å². The van der Waals surface area contributed by atoms with Crippen LogP contribution in [0, 0.1) is 5.92 Å². The van der Waals surface area contributed by atoms with Crippen molar-refractivity contribution in [2.45, 2.75) is 39.7 Å². The van der Waals surface area contributed by atoms with E-state index in [4.69, 9.17) is 5.11 Å². The molecule has 0 fully saturated rings. The molecule has 0 aliphatic rings. The van der Waals surface area contributed by atoms with Crippen molar-refractivity contribution in [3.05, 3.63) is 21.9 Å². The van der Waals surface area contributed by atoms with E-state index in [-0.39, 0.29) is 11.8 Å². The van der Waals surface area contributed by atoms with Crippen molar-refractivity contribution in [1.29, 1.82) is 0 Å². The Morgan fingerprint density at radius 3 is 2.61 bits per heavy atom. The monoisotopic (exact) mass is 269 g/mol. The Balaban J connectivity index is 2.75. The van der Waals surface area contributed by atoms with Gasteiger partial charge in [0.05, 0.1) is 4.88 Å². The molecule has 0 saturated heterocycles. The molecule has 1 heterocycles. The zero-order chi connectivity index (χ0) is 13.7. The minimum atomic E-state index is -0.980. The lowest BCUT2D eigenvalue weighted by atomic mass is 10.0. The molecule has 0 radical (unpaired) electrons. The molecule has 2 N–H and O–H groups in total. The van der Waals surface area contributed by atoms with Crippen LogP contribution >= 0.6 is 11.3 Å². The van der Waals surface area contributed by atoms with Gasteiger partial charge >= 0.3 is 5.97 Å². The number of hydrogen-bond acceptors (Lipinski definition) is 3. The van der Waals surface area contributed by atoms with Gasteiger partial charge in [-0.1, -0.05) is 20.8 Å². The van der Waals surface area contributed by atoms with Gasteiger partial charge in [-0.2, -0.15) is 0 Å². The minimum absolute atomic E-state index is 0.223. The third kappa shape index (κ3) is 3.84. The lowest BCUT2D eigenvalue weighted by Crippen LogP contribution is -2.41. The highest BCUT2D eigenvalue weighted by Gasteiger charge is 2.23. The molecule has 5 heteroatoms. The molecule has 0 aliphatic carbocycles. The number of amides is 1. The Bertz CT molecular complexity index is 426. The van der Waals surface area contributed by atoms with Gasteiger partial charge in [0.15, 0.2) is 0 Å². The van der Waals surface area contributed by atoms with Gasteiger partial charge in [0, 0.05) is 0 Å². The van der Waals surface area contributed by atoms with E-state index in [1.807, 2.05) is 32.2 Å². The molecule has 0 aromatic carbocycles. The topological polar surface area (TPSA) is 66.4 Å². The van der Waals surface area contributed by atoms with E-state index < -0.39 is 12.0 Å². The highest BCUT2D eigenvalue weighted by molar-refractivity contribution is 7.12. The average molecular weight is 269 g/mol. The summed E-state index contributed by atoms with van der Waals surface area (Å²) >= 11 is 1.35. The number of rotatable bonds is 6. The lowest BCUT2D eigenvalue weighted by molar-refractivity contribution is -0.139. The fourth-order valence-corrected chi connectivity index (χ4v) is 2.63. The number of aryl methyl sites for hydroxylation is 1. The summed E-state index contributed by atoms with van der Waals surface area (Å²) in [5, 5.41) is 13.5. The Morgan fingerprint density at radius 2 is 2.11 bits per heavy atom. The van der Waals surface area contributed by atoms with Crippen LogP contribution in [0.25, 0.3) is 0 Å². The number of hydrogen-bond donors (Lipinski definition) is 2. The Morgan fingerprint density at radius 1 is 1.44 bits per heavy atom. The SMILES string of the molecule is CCc1ccsc1C(=O)N[C@H](CC(C)C)C(=O)O. The van der Waals surface area contributed by atoms with Crippen LogP contribution in [0.5, 0.6) is 0 Å². The quantitative estimate of drug-likeness (QED) is 0.834. The lowest BCUT2D eigenvalue weighted by Gasteiger charge is -2.16. The smallest absolute Gasteiger partial charge is 0.326 e. The summed E-state index contributed by atoms with van der Waals surface area (Å²) in [5.41, 5.74) is 0.964. The number of carboxylic acid groups (broad SMARTS) is 1. The molecular weight excluding hydrogens is 250 g/mol. The van der Waals surface area contributed by atoms with Crippen molar-refractivity contribution in [2.24, 2.45) is 5.92 Å². The zero-order valence-electron chi connectivity index (χ0n) is 10.9. The first-order valence-corrected chi connectivity index (χ1v) is 6.93. The Kier molecular flexibility index (Phi) is 5.34. The normalized spacial score (nSPS) is 12.4.